The summed E-state index contributed by atoms with van der Waals surface area (Å²) in [5.74, 6) is -0.183. The molecule has 0 aliphatic carbocycles. The Morgan fingerprint density at radius 3 is 2.88 bits per heavy atom. The maximum atomic E-state index is 12.7. The molecule has 0 saturated carbocycles. The molecule has 2 aliphatic rings. The van der Waals surface area contributed by atoms with Crippen molar-refractivity contribution in [3.05, 3.63) is 23.8 Å². The zero-order valence-electron chi connectivity index (χ0n) is 15.0. The lowest BCUT2D eigenvalue weighted by molar-refractivity contribution is -0.138. The van der Waals surface area contributed by atoms with Crippen molar-refractivity contribution in [3.63, 3.8) is 0 Å². The highest BCUT2D eigenvalue weighted by Gasteiger charge is 2.36. The molecule has 2 atom stereocenters. The second kappa shape index (κ2) is 7.44. The SMILES string of the molecule is CC(C)[C@H](N)C(=O)N1CCC[C@H]1C(=O)Nc1ccc2c(c1)CCCN2. The van der Waals surface area contributed by atoms with Gasteiger partial charge in [-0.3, -0.25) is 9.59 Å². The van der Waals surface area contributed by atoms with Crippen LogP contribution < -0.4 is 16.4 Å². The minimum atomic E-state index is -0.553. The summed E-state index contributed by atoms with van der Waals surface area (Å²) >= 11 is 0. The highest BCUT2D eigenvalue weighted by Crippen LogP contribution is 2.26. The van der Waals surface area contributed by atoms with Gasteiger partial charge in [-0.2, -0.15) is 0 Å². The second-order valence-electron chi connectivity index (χ2n) is 7.35. The van der Waals surface area contributed by atoms with Crippen molar-refractivity contribution >= 4 is 23.2 Å². The van der Waals surface area contributed by atoms with Crippen LogP contribution in [0.2, 0.25) is 0 Å². The van der Waals surface area contributed by atoms with Crippen molar-refractivity contribution in [2.45, 2.75) is 51.6 Å². The van der Waals surface area contributed by atoms with E-state index in [1.807, 2.05) is 32.0 Å². The van der Waals surface area contributed by atoms with Gasteiger partial charge in [0.15, 0.2) is 0 Å². The lowest BCUT2D eigenvalue weighted by atomic mass is 10.0. The number of rotatable bonds is 4. The summed E-state index contributed by atoms with van der Waals surface area (Å²) in [6, 6.07) is 4.97. The molecular weight excluding hydrogens is 316 g/mol. The fraction of sp³-hybridized carbons (Fsp3) is 0.579. The summed E-state index contributed by atoms with van der Waals surface area (Å²) in [5, 5.41) is 6.35. The first kappa shape index (κ1) is 17.7. The number of anilines is 2. The number of carbonyl (C=O) groups excluding carboxylic acids is 2. The van der Waals surface area contributed by atoms with E-state index in [9.17, 15) is 9.59 Å². The van der Waals surface area contributed by atoms with Crippen molar-refractivity contribution in [1.29, 1.82) is 0 Å². The summed E-state index contributed by atoms with van der Waals surface area (Å²) in [6.07, 6.45) is 3.64. The van der Waals surface area contributed by atoms with Crippen LogP contribution in [0.4, 0.5) is 11.4 Å². The van der Waals surface area contributed by atoms with E-state index in [1.165, 1.54) is 5.56 Å². The largest absolute Gasteiger partial charge is 0.385 e. The first-order valence-corrected chi connectivity index (χ1v) is 9.21. The third-order valence-electron chi connectivity index (χ3n) is 5.15. The maximum Gasteiger partial charge on any atom is 0.247 e. The maximum absolute atomic E-state index is 12.7. The van der Waals surface area contributed by atoms with Crippen LogP contribution in [-0.4, -0.2) is 41.9 Å². The summed E-state index contributed by atoms with van der Waals surface area (Å²) in [7, 11) is 0. The van der Waals surface area contributed by atoms with Gasteiger partial charge >= 0.3 is 0 Å². The van der Waals surface area contributed by atoms with Crippen LogP contribution in [-0.2, 0) is 16.0 Å². The van der Waals surface area contributed by atoms with Crippen LogP contribution >= 0.6 is 0 Å². The molecule has 1 saturated heterocycles. The molecule has 0 aromatic heterocycles. The van der Waals surface area contributed by atoms with E-state index in [0.717, 1.165) is 37.2 Å². The predicted molar refractivity (Wildman–Crippen MR) is 99.4 cm³/mol. The van der Waals surface area contributed by atoms with Crippen LogP contribution in [0, 0.1) is 5.92 Å². The van der Waals surface area contributed by atoms with Crippen LogP contribution in [0.25, 0.3) is 0 Å². The minimum Gasteiger partial charge on any atom is -0.385 e. The van der Waals surface area contributed by atoms with E-state index in [2.05, 4.69) is 10.6 Å². The Morgan fingerprint density at radius 1 is 1.32 bits per heavy atom. The minimum absolute atomic E-state index is 0.0601. The monoisotopic (exact) mass is 344 g/mol. The van der Waals surface area contributed by atoms with Gasteiger partial charge in [0.2, 0.25) is 11.8 Å². The topological polar surface area (TPSA) is 87.5 Å². The standard InChI is InChI=1S/C19H28N4O2/c1-12(2)17(20)19(25)23-10-4-6-16(23)18(24)22-14-7-8-15-13(11-14)5-3-9-21-15/h7-8,11-12,16-17,21H,3-6,9-10,20H2,1-2H3,(H,22,24)/t16-,17-/m0/s1. The Morgan fingerprint density at radius 2 is 2.12 bits per heavy atom. The lowest BCUT2D eigenvalue weighted by Gasteiger charge is -2.28. The molecule has 2 aliphatic heterocycles. The molecule has 0 spiro atoms. The van der Waals surface area contributed by atoms with Crippen LogP contribution in [0.5, 0.6) is 0 Å². The summed E-state index contributed by atoms with van der Waals surface area (Å²) < 4.78 is 0. The van der Waals surface area contributed by atoms with E-state index in [4.69, 9.17) is 5.73 Å². The Kier molecular flexibility index (Phi) is 5.27. The highest BCUT2D eigenvalue weighted by molar-refractivity contribution is 5.98. The second-order valence-corrected chi connectivity index (χ2v) is 7.35. The number of nitrogens with one attached hydrogen (secondary N) is 2. The first-order valence-electron chi connectivity index (χ1n) is 9.21. The lowest BCUT2D eigenvalue weighted by Crippen LogP contribution is -2.51. The van der Waals surface area contributed by atoms with Gasteiger partial charge in [-0.25, -0.2) is 0 Å². The van der Waals surface area contributed by atoms with Crippen LogP contribution in [0.3, 0.4) is 0 Å². The van der Waals surface area contributed by atoms with Crippen molar-refractivity contribution in [2.75, 3.05) is 23.7 Å². The van der Waals surface area contributed by atoms with E-state index in [-0.39, 0.29) is 17.7 Å². The average Bonchev–Trinajstić information content (AvgIpc) is 3.10. The van der Waals surface area contributed by atoms with Gasteiger partial charge in [-0.1, -0.05) is 13.8 Å². The Labute approximate surface area is 149 Å². The molecule has 1 aromatic carbocycles. The number of nitrogens with two attached hydrogens (primary N) is 1. The molecular formula is C19H28N4O2. The van der Waals surface area contributed by atoms with Crippen LogP contribution in [0.15, 0.2) is 18.2 Å². The number of fused-ring (bicyclic) bond motifs is 1. The van der Waals surface area contributed by atoms with Gasteiger partial charge in [0.25, 0.3) is 0 Å². The third-order valence-corrected chi connectivity index (χ3v) is 5.15. The molecule has 4 N–H and O–H groups in total. The Bertz CT molecular complexity index is 659. The Hall–Kier alpha value is -2.08. The number of aryl methyl sites for hydroxylation is 1. The molecule has 6 heteroatoms. The number of hydrogen-bond acceptors (Lipinski definition) is 4. The predicted octanol–water partition coefficient (Wildman–Crippen LogP) is 1.96. The van der Waals surface area contributed by atoms with Crippen molar-refractivity contribution in [3.8, 4) is 0 Å². The zero-order valence-corrected chi connectivity index (χ0v) is 15.0. The molecule has 3 rings (SSSR count). The normalized spacial score (nSPS) is 20.8. The van der Waals surface area contributed by atoms with Gasteiger partial charge in [-0.15, -0.1) is 0 Å². The first-order chi connectivity index (χ1) is 12.0. The molecule has 2 amide bonds. The van der Waals surface area contributed by atoms with Gasteiger partial charge in [0.1, 0.15) is 6.04 Å². The molecule has 0 radical (unpaired) electrons. The molecule has 0 unspecified atom stereocenters. The van der Waals surface area contributed by atoms with E-state index < -0.39 is 12.1 Å². The summed E-state index contributed by atoms with van der Waals surface area (Å²) in [4.78, 5) is 26.9. The van der Waals surface area contributed by atoms with Gasteiger partial charge < -0.3 is 21.3 Å². The zero-order chi connectivity index (χ0) is 18.0. The van der Waals surface area contributed by atoms with E-state index >= 15 is 0 Å². The number of hydrogen-bond donors (Lipinski definition) is 3. The third kappa shape index (κ3) is 3.79. The number of amides is 2. The number of benzene rings is 1. The average molecular weight is 344 g/mol. The molecule has 1 aromatic rings. The molecule has 0 bridgehead atoms. The number of nitrogens with zero attached hydrogens (tertiary/aromatic N) is 1. The highest BCUT2D eigenvalue weighted by atomic mass is 16.2. The summed E-state index contributed by atoms with van der Waals surface area (Å²) in [6.45, 7) is 5.45. The molecule has 1 fully saturated rings. The molecule has 2 heterocycles. The quantitative estimate of drug-likeness (QED) is 0.779. The molecule has 136 valence electrons. The van der Waals surface area contributed by atoms with Gasteiger partial charge in [0, 0.05) is 24.5 Å². The van der Waals surface area contributed by atoms with Crippen molar-refractivity contribution < 1.29 is 9.59 Å². The van der Waals surface area contributed by atoms with E-state index in [0.29, 0.717) is 13.0 Å². The van der Waals surface area contributed by atoms with Crippen molar-refractivity contribution in [2.24, 2.45) is 11.7 Å². The van der Waals surface area contributed by atoms with Gasteiger partial charge in [0.05, 0.1) is 6.04 Å². The summed E-state index contributed by atoms with van der Waals surface area (Å²) in [5.41, 5.74) is 9.16. The van der Waals surface area contributed by atoms with Crippen molar-refractivity contribution in [1.82, 2.24) is 4.90 Å². The Balaban J connectivity index is 1.69. The van der Waals surface area contributed by atoms with Gasteiger partial charge in [-0.05, 0) is 55.4 Å². The van der Waals surface area contributed by atoms with E-state index in [1.54, 1.807) is 4.90 Å². The smallest absolute Gasteiger partial charge is 0.247 e. The number of likely N-dealkylation sites (tertiary alicyclic amines) is 1. The fourth-order valence-corrected chi connectivity index (χ4v) is 3.56. The molecule has 25 heavy (non-hydrogen) atoms. The fourth-order valence-electron chi connectivity index (χ4n) is 3.56. The van der Waals surface area contributed by atoms with Crippen LogP contribution in [0.1, 0.15) is 38.7 Å². The number of carbonyl (C=O) groups is 2. The molecule has 6 nitrogen and oxygen atoms in total.